The summed E-state index contributed by atoms with van der Waals surface area (Å²) in [6.45, 7) is 2.58. The molecule has 1 aliphatic rings. The standard InChI is InChI=1S/C22H24N6O/c23-12-18-10-16-13-26-21(27-17-5-3-8-24-14-17)11-19(16)22(28-18)25-9-7-15-4-1-2-6-20(15)29/h1-2,4,6,10-11,13,17,24,29H,3,5,7-9,14H2,(H,25,28)(H,26,27). The number of fused-ring (bicyclic) bond motifs is 1. The largest absolute Gasteiger partial charge is 0.508 e. The number of phenolic OH excluding ortho intramolecular Hbond substituents is 1. The molecule has 1 aromatic carbocycles. The second-order valence-electron chi connectivity index (χ2n) is 7.25. The Morgan fingerprint density at radius 2 is 2.17 bits per heavy atom. The van der Waals surface area contributed by atoms with Crippen LogP contribution in [0.15, 0.2) is 42.6 Å². The van der Waals surface area contributed by atoms with Gasteiger partial charge in [-0.15, -0.1) is 0 Å². The molecule has 3 heterocycles. The van der Waals surface area contributed by atoms with Crippen molar-refractivity contribution in [1.29, 1.82) is 5.26 Å². The Kier molecular flexibility index (Phi) is 5.73. The van der Waals surface area contributed by atoms with Gasteiger partial charge in [-0.3, -0.25) is 0 Å². The number of nitriles is 1. The maximum absolute atomic E-state index is 9.95. The van der Waals surface area contributed by atoms with Crippen LogP contribution in [-0.2, 0) is 6.42 Å². The molecule has 1 fully saturated rings. The van der Waals surface area contributed by atoms with Crippen molar-refractivity contribution < 1.29 is 5.11 Å². The highest BCUT2D eigenvalue weighted by atomic mass is 16.3. The highest BCUT2D eigenvalue weighted by Gasteiger charge is 2.14. The third-order valence-electron chi connectivity index (χ3n) is 5.16. The minimum absolute atomic E-state index is 0.287. The van der Waals surface area contributed by atoms with E-state index in [0.29, 0.717) is 30.5 Å². The second-order valence-corrected chi connectivity index (χ2v) is 7.25. The number of nitrogens with zero attached hydrogens (tertiary/aromatic N) is 3. The summed E-state index contributed by atoms with van der Waals surface area (Å²) in [5.74, 6) is 1.75. The van der Waals surface area contributed by atoms with Gasteiger partial charge in [-0.2, -0.15) is 5.26 Å². The highest BCUT2D eigenvalue weighted by molar-refractivity contribution is 5.93. The summed E-state index contributed by atoms with van der Waals surface area (Å²) in [6.07, 6.45) is 4.70. The fraction of sp³-hybridized carbons (Fsp3) is 0.318. The Balaban J connectivity index is 1.55. The molecule has 0 bridgehead atoms. The van der Waals surface area contributed by atoms with Crippen molar-refractivity contribution in [3.63, 3.8) is 0 Å². The highest BCUT2D eigenvalue weighted by Crippen LogP contribution is 2.25. The average molecular weight is 388 g/mol. The Hall–Kier alpha value is -3.37. The normalized spacial score (nSPS) is 16.3. The van der Waals surface area contributed by atoms with E-state index >= 15 is 0 Å². The zero-order valence-electron chi connectivity index (χ0n) is 16.2. The van der Waals surface area contributed by atoms with E-state index in [-0.39, 0.29) is 5.75 Å². The van der Waals surface area contributed by atoms with Crippen LogP contribution in [0.1, 0.15) is 24.1 Å². The van der Waals surface area contributed by atoms with Gasteiger partial charge in [0.2, 0.25) is 0 Å². The lowest BCUT2D eigenvalue weighted by atomic mass is 10.1. The molecule has 0 radical (unpaired) electrons. The number of piperidine rings is 1. The van der Waals surface area contributed by atoms with Crippen LogP contribution in [0, 0.1) is 11.3 Å². The van der Waals surface area contributed by atoms with Crippen molar-refractivity contribution in [2.75, 3.05) is 30.3 Å². The zero-order chi connectivity index (χ0) is 20.1. The summed E-state index contributed by atoms with van der Waals surface area (Å²) in [6, 6.07) is 13.5. The van der Waals surface area contributed by atoms with E-state index in [0.717, 1.165) is 48.1 Å². The lowest BCUT2D eigenvalue weighted by Gasteiger charge is -2.24. The zero-order valence-corrected chi connectivity index (χ0v) is 16.2. The van der Waals surface area contributed by atoms with Gasteiger partial charge in [-0.1, -0.05) is 18.2 Å². The number of hydrogen-bond donors (Lipinski definition) is 4. The molecule has 1 aliphatic heterocycles. The number of aromatic hydroxyl groups is 1. The number of anilines is 2. The van der Waals surface area contributed by atoms with Crippen LogP contribution in [0.2, 0.25) is 0 Å². The number of nitrogens with one attached hydrogen (secondary N) is 3. The van der Waals surface area contributed by atoms with Crippen molar-refractivity contribution in [1.82, 2.24) is 15.3 Å². The van der Waals surface area contributed by atoms with Gasteiger partial charge in [0.05, 0.1) is 0 Å². The van der Waals surface area contributed by atoms with Crippen molar-refractivity contribution in [3.05, 3.63) is 53.9 Å². The summed E-state index contributed by atoms with van der Waals surface area (Å²) in [5, 5.41) is 31.3. The van der Waals surface area contributed by atoms with Gasteiger partial charge >= 0.3 is 0 Å². The Morgan fingerprint density at radius 1 is 1.28 bits per heavy atom. The number of pyridine rings is 2. The predicted molar refractivity (Wildman–Crippen MR) is 114 cm³/mol. The molecule has 0 saturated carbocycles. The van der Waals surface area contributed by atoms with E-state index in [2.05, 4.69) is 32.0 Å². The molecule has 0 spiro atoms. The van der Waals surface area contributed by atoms with Gasteiger partial charge < -0.3 is 21.1 Å². The minimum Gasteiger partial charge on any atom is -0.508 e. The monoisotopic (exact) mass is 388 g/mol. The number of benzene rings is 1. The summed E-state index contributed by atoms with van der Waals surface area (Å²) >= 11 is 0. The van der Waals surface area contributed by atoms with Gasteiger partial charge in [0.1, 0.15) is 29.1 Å². The number of rotatable bonds is 6. The Bertz CT molecular complexity index is 1040. The topological polar surface area (TPSA) is 106 Å². The van der Waals surface area contributed by atoms with Crippen LogP contribution < -0.4 is 16.0 Å². The number of para-hydroxylation sites is 1. The first kappa shape index (κ1) is 19.0. The molecule has 1 unspecified atom stereocenters. The van der Waals surface area contributed by atoms with Gasteiger partial charge in [-0.05, 0) is 49.6 Å². The molecule has 2 aromatic heterocycles. The fourth-order valence-electron chi connectivity index (χ4n) is 3.64. The first-order valence-electron chi connectivity index (χ1n) is 9.92. The van der Waals surface area contributed by atoms with Crippen LogP contribution >= 0.6 is 0 Å². The molecule has 1 saturated heterocycles. The summed E-state index contributed by atoms with van der Waals surface area (Å²) in [4.78, 5) is 8.98. The maximum atomic E-state index is 9.95. The maximum Gasteiger partial charge on any atom is 0.143 e. The van der Waals surface area contributed by atoms with Crippen LogP contribution in [0.5, 0.6) is 5.75 Å². The third-order valence-corrected chi connectivity index (χ3v) is 5.16. The summed E-state index contributed by atoms with van der Waals surface area (Å²) in [7, 11) is 0. The van der Waals surface area contributed by atoms with E-state index < -0.39 is 0 Å². The fourth-order valence-corrected chi connectivity index (χ4v) is 3.64. The first-order valence-corrected chi connectivity index (χ1v) is 9.92. The van der Waals surface area contributed by atoms with E-state index in [1.165, 1.54) is 0 Å². The van der Waals surface area contributed by atoms with Crippen molar-refractivity contribution in [3.8, 4) is 11.8 Å². The molecule has 7 nitrogen and oxygen atoms in total. The van der Waals surface area contributed by atoms with Gasteiger partial charge in [0, 0.05) is 36.1 Å². The number of phenols is 1. The minimum atomic E-state index is 0.287. The first-order chi connectivity index (χ1) is 14.2. The van der Waals surface area contributed by atoms with E-state index in [9.17, 15) is 10.4 Å². The average Bonchev–Trinajstić information content (AvgIpc) is 2.76. The molecule has 4 rings (SSSR count). The van der Waals surface area contributed by atoms with E-state index in [1.807, 2.05) is 18.2 Å². The van der Waals surface area contributed by atoms with E-state index in [1.54, 1.807) is 24.4 Å². The number of aromatic nitrogens is 2. The van der Waals surface area contributed by atoms with Gasteiger partial charge in [-0.25, -0.2) is 9.97 Å². The molecule has 148 valence electrons. The summed E-state index contributed by atoms with van der Waals surface area (Å²) < 4.78 is 0. The summed E-state index contributed by atoms with van der Waals surface area (Å²) in [5.41, 5.74) is 1.22. The lowest BCUT2D eigenvalue weighted by Crippen LogP contribution is -2.38. The van der Waals surface area contributed by atoms with Crippen LogP contribution in [-0.4, -0.2) is 40.8 Å². The Labute approximate surface area is 169 Å². The SMILES string of the molecule is N#Cc1cc2cnc(NC3CCCNC3)cc2c(NCCc2ccccc2O)n1. The lowest BCUT2D eigenvalue weighted by molar-refractivity contribution is 0.468. The Morgan fingerprint density at radius 3 is 2.97 bits per heavy atom. The quantitative estimate of drug-likeness (QED) is 0.514. The van der Waals surface area contributed by atoms with Gasteiger partial charge in [0.15, 0.2) is 0 Å². The molecule has 29 heavy (non-hydrogen) atoms. The second kappa shape index (κ2) is 8.76. The molecular formula is C22H24N6O. The van der Waals surface area contributed by atoms with Crippen molar-refractivity contribution >= 4 is 22.4 Å². The number of hydrogen-bond acceptors (Lipinski definition) is 7. The molecule has 0 amide bonds. The molecule has 3 aromatic rings. The van der Waals surface area contributed by atoms with Crippen LogP contribution in [0.3, 0.4) is 0 Å². The molecule has 4 N–H and O–H groups in total. The van der Waals surface area contributed by atoms with Gasteiger partial charge in [0.25, 0.3) is 0 Å². The smallest absolute Gasteiger partial charge is 0.143 e. The molecule has 7 heteroatoms. The predicted octanol–water partition coefficient (Wildman–Crippen LogP) is 3.03. The molecule has 0 aliphatic carbocycles. The van der Waals surface area contributed by atoms with Crippen molar-refractivity contribution in [2.24, 2.45) is 0 Å². The van der Waals surface area contributed by atoms with Crippen LogP contribution in [0.25, 0.3) is 10.8 Å². The van der Waals surface area contributed by atoms with E-state index in [4.69, 9.17) is 0 Å². The molecular weight excluding hydrogens is 364 g/mol. The third kappa shape index (κ3) is 4.55. The molecule has 1 atom stereocenters. The van der Waals surface area contributed by atoms with Crippen molar-refractivity contribution in [2.45, 2.75) is 25.3 Å². The van der Waals surface area contributed by atoms with Crippen LogP contribution in [0.4, 0.5) is 11.6 Å².